The molecule has 82 valence electrons. The van der Waals surface area contributed by atoms with Crippen molar-refractivity contribution in [2.45, 2.75) is 26.7 Å². The summed E-state index contributed by atoms with van der Waals surface area (Å²) >= 11 is 0. The lowest BCUT2D eigenvalue weighted by Crippen LogP contribution is -2.27. The van der Waals surface area contributed by atoms with Gasteiger partial charge in [-0.15, -0.1) is 0 Å². The number of esters is 1. The fraction of sp³-hybridized carbons (Fsp3) is 0.778. The molecule has 0 aliphatic heterocycles. The molecule has 5 nitrogen and oxygen atoms in total. The van der Waals surface area contributed by atoms with Crippen LogP contribution in [0.3, 0.4) is 0 Å². The Labute approximate surface area is 82.7 Å². The van der Waals surface area contributed by atoms with E-state index < -0.39 is 17.4 Å². The molecule has 1 N–H and O–H groups in total. The molecule has 0 saturated heterocycles. The minimum absolute atomic E-state index is 0.0788. The molecule has 0 aromatic rings. The van der Waals surface area contributed by atoms with Crippen LogP contribution in [0.5, 0.6) is 0 Å². The SMILES string of the molecule is CC(C)(CO)COC(=O)CCC(=O)[O-]. The maximum Gasteiger partial charge on any atom is 0.306 e. The van der Waals surface area contributed by atoms with Crippen molar-refractivity contribution in [3.05, 3.63) is 0 Å². The second-order valence-corrected chi connectivity index (χ2v) is 3.86. The number of rotatable bonds is 6. The maximum atomic E-state index is 10.9. The molecule has 0 fully saturated rings. The van der Waals surface area contributed by atoms with Crippen LogP contribution in [0.15, 0.2) is 0 Å². The highest BCUT2D eigenvalue weighted by Gasteiger charge is 2.18. The summed E-state index contributed by atoms with van der Waals surface area (Å²) in [6.45, 7) is 3.45. The van der Waals surface area contributed by atoms with Gasteiger partial charge in [-0.2, -0.15) is 0 Å². The Morgan fingerprint density at radius 2 is 1.93 bits per heavy atom. The smallest absolute Gasteiger partial charge is 0.306 e. The lowest BCUT2D eigenvalue weighted by atomic mass is 9.97. The van der Waals surface area contributed by atoms with Crippen LogP contribution in [-0.2, 0) is 14.3 Å². The van der Waals surface area contributed by atoms with Crippen LogP contribution in [-0.4, -0.2) is 30.3 Å². The van der Waals surface area contributed by atoms with Gasteiger partial charge < -0.3 is 19.7 Å². The van der Waals surface area contributed by atoms with E-state index in [0.29, 0.717) is 0 Å². The molecule has 0 aromatic heterocycles. The first-order valence-corrected chi connectivity index (χ1v) is 4.34. The van der Waals surface area contributed by atoms with E-state index in [1.54, 1.807) is 13.8 Å². The van der Waals surface area contributed by atoms with Crippen molar-refractivity contribution in [2.75, 3.05) is 13.2 Å². The molecule has 0 radical (unpaired) electrons. The molecule has 0 aliphatic rings. The fourth-order valence-electron chi connectivity index (χ4n) is 0.598. The fourth-order valence-corrected chi connectivity index (χ4v) is 0.598. The summed E-state index contributed by atoms with van der Waals surface area (Å²) in [5.41, 5.74) is -0.489. The van der Waals surface area contributed by atoms with Crippen molar-refractivity contribution in [1.29, 1.82) is 0 Å². The minimum atomic E-state index is -1.27. The summed E-state index contributed by atoms with van der Waals surface area (Å²) < 4.78 is 4.76. The van der Waals surface area contributed by atoms with E-state index in [4.69, 9.17) is 9.84 Å². The number of carboxylic acid groups (broad SMARTS) is 1. The number of aliphatic hydroxyl groups excluding tert-OH is 1. The van der Waals surface area contributed by atoms with E-state index in [1.807, 2.05) is 0 Å². The van der Waals surface area contributed by atoms with E-state index >= 15 is 0 Å². The summed E-state index contributed by atoms with van der Waals surface area (Å²) in [6.07, 6.45) is -0.526. The molecule has 0 unspecified atom stereocenters. The van der Waals surface area contributed by atoms with Crippen molar-refractivity contribution in [3.8, 4) is 0 Å². The van der Waals surface area contributed by atoms with Crippen molar-refractivity contribution in [3.63, 3.8) is 0 Å². The molecular formula is C9H15O5-. The van der Waals surface area contributed by atoms with Gasteiger partial charge in [0.1, 0.15) is 0 Å². The number of hydrogen-bond donors (Lipinski definition) is 1. The van der Waals surface area contributed by atoms with Gasteiger partial charge in [0.15, 0.2) is 0 Å². The first-order valence-electron chi connectivity index (χ1n) is 4.34. The molecular weight excluding hydrogens is 188 g/mol. The molecule has 0 bridgehead atoms. The van der Waals surface area contributed by atoms with Crippen LogP contribution in [0, 0.1) is 5.41 Å². The molecule has 0 aliphatic carbocycles. The number of hydrogen-bond acceptors (Lipinski definition) is 5. The van der Waals surface area contributed by atoms with Crippen molar-refractivity contribution < 1.29 is 24.5 Å². The van der Waals surface area contributed by atoms with E-state index in [-0.39, 0.29) is 26.1 Å². The van der Waals surface area contributed by atoms with Crippen LogP contribution in [0.2, 0.25) is 0 Å². The van der Waals surface area contributed by atoms with Gasteiger partial charge in [-0.1, -0.05) is 13.8 Å². The molecule has 0 heterocycles. The zero-order valence-corrected chi connectivity index (χ0v) is 8.41. The highest BCUT2D eigenvalue weighted by atomic mass is 16.5. The van der Waals surface area contributed by atoms with Gasteiger partial charge in [0, 0.05) is 11.4 Å². The highest BCUT2D eigenvalue weighted by molar-refractivity contribution is 5.75. The molecule has 0 rings (SSSR count). The number of carbonyl (C=O) groups is 2. The monoisotopic (exact) mass is 203 g/mol. The normalized spacial score (nSPS) is 11.1. The lowest BCUT2D eigenvalue weighted by Gasteiger charge is -2.20. The van der Waals surface area contributed by atoms with Crippen LogP contribution in [0.4, 0.5) is 0 Å². The number of ether oxygens (including phenoxy) is 1. The Balaban J connectivity index is 3.69. The maximum absolute atomic E-state index is 10.9. The van der Waals surface area contributed by atoms with Gasteiger partial charge in [-0.3, -0.25) is 4.79 Å². The Kier molecular flexibility index (Phi) is 5.15. The first kappa shape index (κ1) is 12.9. The first-order chi connectivity index (χ1) is 6.37. The zero-order valence-electron chi connectivity index (χ0n) is 8.41. The molecule has 0 saturated carbocycles. The molecule has 14 heavy (non-hydrogen) atoms. The van der Waals surface area contributed by atoms with Gasteiger partial charge in [0.2, 0.25) is 0 Å². The van der Waals surface area contributed by atoms with Crippen molar-refractivity contribution >= 4 is 11.9 Å². The van der Waals surface area contributed by atoms with E-state index in [2.05, 4.69) is 0 Å². The number of carbonyl (C=O) groups excluding carboxylic acids is 2. The van der Waals surface area contributed by atoms with Gasteiger partial charge in [-0.05, 0) is 6.42 Å². The van der Waals surface area contributed by atoms with E-state index in [0.717, 1.165) is 0 Å². The average Bonchev–Trinajstić information content (AvgIpc) is 2.11. The predicted molar refractivity (Wildman–Crippen MR) is 46.1 cm³/mol. The predicted octanol–water partition coefficient (Wildman–Crippen LogP) is -0.922. The number of aliphatic hydroxyl groups is 1. The Morgan fingerprint density at radius 1 is 1.36 bits per heavy atom. The summed E-state index contributed by atoms with van der Waals surface area (Å²) in [5, 5.41) is 18.8. The lowest BCUT2D eigenvalue weighted by molar-refractivity contribution is -0.305. The van der Waals surface area contributed by atoms with Gasteiger partial charge in [0.25, 0.3) is 0 Å². The molecule has 0 aromatic carbocycles. The zero-order chi connectivity index (χ0) is 11.2. The minimum Gasteiger partial charge on any atom is -0.550 e. The molecule has 0 spiro atoms. The van der Waals surface area contributed by atoms with Crippen LogP contribution in [0.1, 0.15) is 26.7 Å². The van der Waals surface area contributed by atoms with Crippen molar-refractivity contribution in [2.24, 2.45) is 5.41 Å². The quantitative estimate of drug-likeness (QED) is 0.564. The number of carboxylic acids is 1. The third kappa shape index (κ3) is 6.42. The summed E-state index contributed by atoms with van der Waals surface area (Å²) in [5.74, 6) is -1.86. The molecule has 0 amide bonds. The average molecular weight is 203 g/mol. The van der Waals surface area contributed by atoms with E-state index in [9.17, 15) is 14.7 Å². The van der Waals surface area contributed by atoms with Gasteiger partial charge in [0.05, 0.1) is 19.6 Å². The summed E-state index contributed by atoms with van der Waals surface area (Å²) in [4.78, 5) is 20.9. The third-order valence-corrected chi connectivity index (χ3v) is 1.59. The largest absolute Gasteiger partial charge is 0.550 e. The molecule has 5 heteroatoms. The van der Waals surface area contributed by atoms with E-state index in [1.165, 1.54) is 0 Å². The van der Waals surface area contributed by atoms with Gasteiger partial charge in [-0.25, -0.2) is 0 Å². The Bertz CT molecular complexity index is 209. The van der Waals surface area contributed by atoms with Crippen LogP contribution < -0.4 is 5.11 Å². The van der Waals surface area contributed by atoms with Crippen LogP contribution >= 0.6 is 0 Å². The third-order valence-electron chi connectivity index (χ3n) is 1.59. The second-order valence-electron chi connectivity index (χ2n) is 3.86. The highest BCUT2D eigenvalue weighted by Crippen LogP contribution is 2.13. The topological polar surface area (TPSA) is 86.7 Å². The molecule has 0 atom stereocenters. The van der Waals surface area contributed by atoms with Gasteiger partial charge >= 0.3 is 5.97 Å². The number of aliphatic carboxylic acids is 1. The Morgan fingerprint density at radius 3 is 2.36 bits per heavy atom. The standard InChI is InChI=1S/C9H16O5/c1-9(2,5-10)6-14-8(13)4-3-7(11)12/h10H,3-6H2,1-2H3,(H,11,12)/p-1. The van der Waals surface area contributed by atoms with Crippen LogP contribution in [0.25, 0.3) is 0 Å². The second kappa shape index (κ2) is 5.59. The Hall–Kier alpha value is -1.10. The summed E-state index contributed by atoms with van der Waals surface area (Å²) in [7, 11) is 0. The summed E-state index contributed by atoms with van der Waals surface area (Å²) in [6, 6.07) is 0. The van der Waals surface area contributed by atoms with Crippen molar-refractivity contribution in [1.82, 2.24) is 0 Å².